The summed E-state index contributed by atoms with van der Waals surface area (Å²) < 4.78 is 2.30. The number of hydrogen-bond donors (Lipinski definition) is 1. The van der Waals surface area contributed by atoms with E-state index >= 15 is 0 Å². The van der Waals surface area contributed by atoms with Crippen LogP contribution in [-0.4, -0.2) is 35.1 Å². The van der Waals surface area contributed by atoms with E-state index in [1.54, 1.807) is 0 Å². The molecule has 0 radical (unpaired) electrons. The van der Waals surface area contributed by atoms with Crippen molar-refractivity contribution >= 4 is 0 Å². The number of hydrogen-bond acceptors (Lipinski definition) is 2. The molecule has 1 fully saturated rings. The van der Waals surface area contributed by atoms with Gasteiger partial charge in [-0.1, -0.05) is 6.92 Å². The van der Waals surface area contributed by atoms with Crippen LogP contribution in [0, 0.1) is 0 Å². The minimum Gasteiger partial charge on any atom is -0.351 e. The predicted molar refractivity (Wildman–Crippen MR) is 72.1 cm³/mol. The summed E-state index contributed by atoms with van der Waals surface area (Å²) >= 11 is 0. The first-order valence-corrected chi connectivity index (χ1v) is 6.94. The molecule has 0 aliphatic carbocycles. The highest BCUT2D eigenvalue weighted by atomic mass is 15.2. The van der Waals surface area contributed by atoms with Gasteiger partial charge in [0, 0.05) is 37.6 Å². The summed E-state index contributed by atoms with van der Waals surface area (Å²) in [6.07, 6.45) is 4.88. The van der Waals surface area contributed by atoms with Crippen molar-refractivity contribution in [2.75, 3.05) is 19.6 Å². The molecular weight excluding hydrogens is 210 g/mol. The lowest BCUT2D eigenvalue weighted by Gasteiger charge is -2.23. The molecule has 2 heterocycles. The molecule has 96 valence electrons. The summed E-state index contributed by atoms with van der Waals surface area (Å²) in [5.41, 5.74) is 1.40. The molecule has 1 aliphatic rings. The molecule has 3 heteroatoms. The SMILES string of the molecule is CCN1CCCC1CNCc1cccn1CC. The molecule has 17 heavy (non-hydrogen) atoms. The third kappa shape index (κ3) is 3.11. The van der Waals surface area contributed by atoms with Crippen LogP contribution in [0.15, 0.2) is 18.3 Å². The molecule has 1 saturated heterocycles. The Hall–Kier alpha value is -0.800. The molecule has 2 rings (SSSR count). The molecule has 0 bridgehead atoms. The van der Waals surface area contributed by atoms with Crippen LogP contribution >= 0.6 is 0 Å². The van der Waals surface area contributed by atoms with E-state index in [1.807, 2.05) is 0 Å². The first-order chi connectivity index (χ1) is 8.35. The van der Waals surface area contributed by atoms with Crippen LogP contribution in [0.5, 0.6) is 0 Å². The van der Waals surface area contributed by atoms with Crippen molar-refractivity contribution in [1.29, 1.82) is 0 Å². The van der Waals surface area contributed by atoms with Crippen LogP contribution in [-0.2, 0) is 13.1 Å². The Morgan fingerprint density at radius 1 is 1.35 bits per heavy atom. The predicted octanol–water partition coefficient (Wildman–Crippen LogP) is 2.08. The third-order valence-corrected chi connectivity index (χ3v) is 3.86. The number of likely N-dealkylation sites (N-methyl/N-ethyl adjacent to an activating group) is 1. The average Bonchev–Trinajstić information content (AvgIpc) is 2.97. The molecule has 3 nitrogen and oxygen atoms in total. The highest BCUT2D eigenvalue weighted by Gasteiger charge is 2.22. The van der Waals surface area contributed by atoms with Crippen LogP contribution in [0.4, 0.5) is 0 Å². The Balaban J connectivity index is 1.76. The molecule has 1 aliphatic heterocycles. The molecule has 1 aromatic rings. The fourth-order valence-corrected chi connectivity index (χ4v) is 2.83. The van der Waals surface area contributed by atoms with E-state index in [0.29, 0.717) is 0 Å². The van der Waals surface area contributed by atoms with Crippen LogP contribution in [0.1, 0.15) is 32.4 Å². The van der Waals surface area contributed by atoms with Crippen molar-refractivity contribution in [1.82, 2.24) is 14.8 Å². The molecule has 1 aromatic heterocycles. The van der Waals surface area contributed by atoms with Gasteiger partial charge in [0.1, 0.15) is 0 Å². The van der Waals surface area contributed by atoms with E-state index in [-0.39, 0.29) is 0 Å². The molecule has 0 amide bonds. The summed E-state index contributed by atoms with van der Waals surface area (Å²) in [4.78, 5) is 2.59. The van der Waals surface area contributed by atoms with Crippen molar-refractivity contribution in [2.24, 2.45) is 0 Å². The fraction of sp³-hybridized carbons (Fsp3) is 0.714. The largest absolute Gasteiger partial charge is 0.351 e. The lowest BCUT2D eigenvalue weighted by atomic mass is 10.2. The quantitative estimate of drug-likeness (QED) is 0.814. The van der Waals surface area contributed by atoms with E-state index in [4.69, 9.17) is 0 Å². The third-order valence-electron chi connectivity index (χ3n) is 3.86. The average molecular weight is 235 g/mol. The summed E-state index contributed by atoms with van der Waals surface area (Å²) in [5, 5.41) is 3.61. The number of aryl methyl sites for hydroxylation is 1. The number of nitrogens with one attached hydrogen (secondary N) is 1. The van der Waals surface area contributed by atoms with Crippen molar-refractivity contribution < 1.29 is 0 Å². The van der Waals surface area contributed by atoms with E-state index in [1.165, 1.54) is 31.6 Å². The zero-order chi connectivity index (χ0) is 12.1. The zero-order valence-corrected chi connectivity index (χ0v) is 11.2. The van der Waals surface area contributed by atoms with Gasteiger partial charge in [0.25, 0.3) is 0 Å². The maximum Gasteiger partial charge on any atom is 0.0359 e. The molecule has 1 N–H and O–H groups in total. The second-order valence-corrected chi connectivity index (χ2v) is 4.84. The minimum absolute atomic E-state index is 0.755. The highest BCUT2D eigenvalue weighted by Crippen LogP contribution is 2.15. The standard InChI is InChI=1S/C14H25N3/c1-3-16-9-5-7-13(16)11-15-12-14-8-6-10-17(14)4-2/h5,7,9,14-15H,3-4,6,8,10-12H2,1-2H3. The van der Waals surface area contributed by atoms with Gasteiger partial charge in [0.2, 0.25) is 0 Å². The Morgan fingerprint density at radius 3 is 3.00 bits per heavy atom. The van der Waals surface area contributed by atoms with Gasteiger partial charge in [-0.3, -0.25) is 4.90 Å². The van der Waals surface area contributed by atoms with Crippen molar-refractivity contribution in [3.8, 4) is 0 Å². The number of rotatable bonds is 6. The van der Waals surface area contributed by atoms with E-state index in [2.05, 4.69) is 47.0 Å². The number of nitrogens with zero attached hydrogens (tertiary/aromatic N) is 2. The van der Waals surface area contributed by atoms with E-state index in [0.717, 1.165) is 25.7 Å². The minimum atomic E-state index is 0.755. The lowest BCUT2D eigenvalue weighted by molar-refractivity contribution is 0.259. The normalized spacial score (nSPS) is 21.2. The second-order valence-electron chi connectivity index (χ2n) is 4.84. The zero-order valence-electron chi connectivity index (χ0n) is 11.2. The van der Waals surface area contributed by atoms with Crippen molar-refractivity contribution in [3.05, 3.63) is 24.0 Å². The van der Waals surface area contributed by atoms with Crippen LogP contribution in [0.2, 0.25) is 0 Å². The van der Waals surface area contributed by atoms with Crippen molar-refractivity contribution in [2.45, 2.75) is 45.8 Å². The number of likely N-dealkylation sites (tertiary alicyclic amines) is 1. The molecule has 0 aromatic carbocycles. The summed E-state index contributed by atoms with van der Waals surface area (Å²) in [7, 11) is 0. The van der Waals surface area contributed by atoms with Gasteiger partial charge in [0.15, 0.2) is 0 Å². The van der Waals surface area contributed by atoms with Crippen LogP contribution in [0.3, 0.4) is 0 Å². The van der Waals surface area contributed by atoms with E-state index < -0.39 is 0 Å². The highest BCUT2D eigenvalue weighted by molar-refractivity contribution is 5.06. The van der Waals surface area contributed by atoms with E-state index in [9.17, 15) is 0 Å². The van der Waals surface area contributed by atoms with Gasteiger partial charge < -0.3 is 9.88 Å². The first kappa shape index (κ1) is 12.7. The summed E-state index contributed by atoms with van der Waals surface area (Å²) in [6.45, 7) is 10.1. The Morgan fingerprint density at radius 2 is 2.24 bits per heavy atom. The van der Waals surface area contributed by atoms with Gasteiger partial charge in [0.05, 0.1) is 0 Å². The number of aromatic nitrogens is 1. The second kappa shape index (κ2) is 6.22. The molecule has 0 saturated carbocycles. The topological polar surface area (TPSA) is 20.2 Å². The Bertz CT molecular complexity index is 332. The molecule has 1 atom stereocenters. The monoisotopic (exact) mass is 235 g/mol. The Kier molecular flexibility index (Phi) is 4.63. The van der Waals surface area contributed by atoms with Gasteiger partial charge in [-0.15, -0.1) is 0 Å². The molecular formula is C14H25N3. The summed E-state index contributed by atoms with van der Waals surface area (Å²) in [6, 6.07) is 5.10. The van der Waals surface area contributed by atoms with Crippen LogP contribution in [0.25, 0.3) is 0 Å². The molecule has 0 spiro atoms. The maximum absolute atomic E-state index is 3.61. The smallest absolute Gasteiger partial charge is 0.0359 e. The maximum atomic E-state index is 3.61. The van der Waals surface area contributed by atoms with Gasteiger partial charge in [-0.25, -0.2) is 0 Å². The van der Waals surface area contributed by atoms with Gasteiger partial charge in [-0.2, -0.15) is 0 Å². The fourth-order valence-electron chi connectivity index (χ4n) is 2.83. The van der Waals surface area contributed by atoms with Crippen LogP contribution < -0.4 is 5.32 Å². The van der Waals surface area contributed by atoms with Crippen molar-refractivity contribution in [3.63, 3.8) is 0 Å². The Labute approximate surface area is 105 Å². The molecule has 1 unspecified atom stereocenters. The van der Waals surface area contributed by atoms with Gasteiger partial charge in [-0.05, 0) is 45.0 Å². The van der Waals surface area contributed by atoms with Gasteiger partial charge >= 0.3 is 0 Å². The lowest BCUT2D eigenvalue weighted by Crippen LogP contribution is -2.37. The summed E-state index contributed by atoms with van der Waals surface area (Å²) in [5.74, 6) is 0. The first-order valence-electron chi connectivity index (χ1n) is 6.94.